The molecule has 0 aromatic heterocycles. The van der Waals surface area contributed by atoms with Gasteiger partial charge < -0.3 is 15.2 Å². The van der Waals surface area contributed by atoms with Gasteiger partial charge in [-0.15, -0.1) is 0 Å². The van der Waals surface area contributed by atoms with Gasteiger partial charge in [-0.25, -0.2) is 0 Å². The Morgan fingerprint density at radius 1 is 1.53 bits per heavy atom. The van der Waals surface area contributed by atoms with E-state index in [4.69, 9.17) is 4.74 Å². The number of hydrogen-bond donors (Lipinski definition) is 2. The molecule has 1 aliphatic rings. The van der Waals surface area contributed by atoms with Crippen molar-refractivity contribution in [3.8, 4) is 0 Å². The topological polar surface area (TPSA) is 58.6 Å². The summed E-state index contributed by atoms with van der Waals surface area (Å²) in [5, 5.41) is 13.7. The highest BCUT2D eigenvalue weighted by Crippen LogP contribution is 2.41. The van der Waals surface area contributed by atoms with Crippen LogP contribution in [0.3, 0.4) is 0 Å². The minimum Gasteiger partial charge on any atom is -0.469 e. The van der Waals surface area contributed by atoms with E-state index in [0.717, 1.165) is 13.1 Å². The summed E-state index contributed by atoms with van der Waals surface area (Å²) < 4.78 is 4.81. The van der Waals surface area contributed by atoms with Crippen LogP contribution in [0.5, 0.6) is 0 Å². The molecule has 0 spiro atoms. The van der Waals surface area contributed by atoms with Crippen molar-refractivity contribution in [2.75, 3.05) is 20.2 Å². The zero-order chi connectivity index (χ0) is 11.5. The first-order chi connectivity index (χ1) is 7.00. The summed E-state index contributed by atoms with van der Waals surface area (Å²) in [4.78, 5) is 11.8. The van der Waals surface area contributed by atoms with E-state index in [0.29, 0.717) is 19.3 Å². The number of methoxy groups -OCH3 is 1. The summed E-state index contributed by atoms with van der Waals surface area (Å²) in [7, 11) is 1.38. The Labute approximate surface area is 91.0 Å². The highest BCUT2D eigenvalue weighted by Gasteiger charge is 2.51. The summed E-state index contributed by atoms with van der Waals surface area (Å²) in [5.41, 5.74) is -1.72. The number of esters is 1. The van der Waals surface area contributed by atoms with Crippen molar-refractivity contribution in [2.24, 2.45) is 5.41 Å². The maximum Gasteiger partial charge on any atom is 0.314 e. The minimum absolute atomic E-state index is 0.311. The van der Waals surface area contributed by atoms with E-state index >= 15 is 0 Å². The van der Waals surface area contributed by atoms with E-state index in [2.05, 4.69) is 5.32 Å². The summed E-state index contributed by atoms with van der Waals surface area (Å²) >= 11 is 0. The fraction of sp³-hybridized carbons (Fsp3) is 0.909. The number of carbonyl (C=O) groups is 1. The van der Waals surface area contributed by atoms with Crippen LogP contribution < -0.4 is 5.32 Å². The van der Waals surface area contributed by atoms with Crippen molar-refractivity contribution < 1.29 is 14.6 Å². The molecule has 1 rings (SSSR count). The Bertz CT molecular complexity index is 236. The van der Waals surface area contributed by atoms with Gasteiger partial charge in [-0.1, -0.05) is 6.92 Å². The predicted molar refractivity (Wildman–Crippen MR) is 57.5 cm³/mol. The van der Waals surface area contributed by atoms with E-state index in [1.54, 1.807) is 6.92 Å². The van der Waals surface area contributed by atoms with Crippen LogP contribution in [0.15, 0.2) is 0 Å². The molecule has 4 nitrogen and oxygen atoms in total. The quantitative estimate of drug-likeness (QED) is 0.680. The van der Waals surface area contributed by atoms with Crippen molar-refractivity contribution in [1.82, 2.24) is 5.32 Å². The first-order valence-electron chi connectivity index (χ1n) is 5.51. The largest absolute Gasteiger partial charge is 0.469 e. The second-order valence-electron chi connectivity index (χ2n) is 4.46. The van der Waals surface area contributed by atoms with Crippen molar-refractivity contribution in [1.29, 1.82) is 0 Å². The van der Waals surface area contributed by atoms with Crippen LogP contribution in [0, 0.1) is 5.41 Å². The van der Waals surface area contributed by atoms with Crippen LogP contribution in [-0.4, -0.2) is 36.9 Å². The zero-order valence-corrected chi connectivity index (χ0v) is 9.80. The molecule has 4 heteroatoms. The average molecular weight is 215 g/mol. The van der Waals surface area contributed by atoms with Crippen LogP contribution in [0.4, 0.5) is 0 Å². The molecule has 1 saturated heterocycles. The van der Waals surface area contributed by atoms with Crippen molar-refractivity contribution >= 4 is 5.97 Å². The van der Waals surface area contributed by atoms with Crippen LogP contribution in [0.1, 0.15) is 33.1 Å². The fourth-order valence-corrected chi connectivity index (χ4v) is 2.28. The Kier molecular flexibility index (Phi) is 3.73. The second-order valence-corrected chi connectivity index (χ2v) is 4.46. The van der Waals surface area contributed by atoms with Gasteiger partial charge in [-0.2, -0.15) is 0 Å². The van der Waals surface area contributed by atoms with Crippen molar-refractivity contribution in [2.45, 2.75) is 38.7 Å². The lowest BCUT2D eigenvalue weighted by atomic mass is 9.67. The van der Waals surface area contributed by atoms with Gasteiger partial charge in [-0.3, -0.25) is 4.79 Å². The highest BCUT2D eigenvalue weighted by molar-refractivity contribution is 5.77. The normalized spacial score (nSPS) is 24.3. The first-order valence-corrected chi connectivity index (χ1v) is 5.51. The molecule has 1 heterocycles. The van der Waals surface area contributed by atoms with E-state index in [-0.39, 0.29) is 5.97 Å². The molecular weight excluding hydrogens is 194 g/mol. The molecule has 0 radical (unpaired) electrons. The number of ether oxygens (including phenoxy) is 1. The average Bonchev–Trinajstić information content (AvgIpc) is 2.27. The number of hydrogen-bond acceptors (Lipinski definition) is 4. The maximum absolute atomic E-state index is 11.8. The van der Waals surface area contributed by atoms with E-state index in [1.807, 2.05) is 6.92 Å². The van der Waals surface area contributed by atoms with Gasteiger partial charge >= 0.3 is 5.97 Å². The smallest absolute Gasteiger partial charge is 0.314 e. The molecule has 0 amide bonds. The molecule has 2 N–H and O–H groups in total. The number of carbonyl (C=O) groups excluding carboxylic acids is 1. The number of aliphatic hydroxyl groups is 1. The van der Waals surface area contributed by atoms with Gasteiger partial charge in [-0.05, 0) is 39.3 Å². The molecule has 1 aliphatic heterocycles. The lowest BCUT2D eigenvalue weighted by Gasteiger charge is -2.44. The molecule has 15 heavy (non-hydrogen) atoms. The third-order valence-electron chi connectivity index (χ3n) is 3.80. The van der Waals surface area contributed by atoms with Gasteiger partial charge in [0.1, 0.15) is 0 Å². The van der Waals surface area contributed by atoms with Crippen LogP contribution >= 0.6 is 0 Å². The highest BCUT2D eigenvalue weighted by atomic mass is 16.5. The minimum atomic E-state index is -0.930. The molecular formula is C11H21NO3. The maximum atomic E-state index is 11.8. The van der Waals surface area contributed by atoms with Gasteiger partial charge in [0.15, 0.2) is 0 Å². The van der Waals surface area contributed by atoms with Crippen molar-refractivity contribution in [3.05, 3.63) is 0 Å². The molecule has 0 aliphatic carbocycles. The Morgan fingerprint density at radius 2 is 2.07 bits per heavy atom. The first kappa shape index (κ1) is 12.5. The zero-order valence-electron chi connectivity index (χ0n) is 9.80. The number of nitrogens with one attached hydrogen (secondary N) is 1. The Morgan fingerprint density at radius 3 is 2.47 bits per heavy atom. The van der Waals surface area contributed by atoms with Crippen LogP contribution in [0.2, 0.25) is 0 Å². The summed E-state index contributed by atoms with van der Waals surface area (Å²) in [6.07, 6.45) is 1.80. The summed E-state index contributed by atoms with van der Waals surface area (Å²) in [6, 6.07) is 0. The SMILES string of the molecule is CCC(C)(C(=O)OC)C1(O)CCNCC1. The molecule has 0 aromatic carbocycles. The third-order valence-corrected chi connectivity index (χ3v) is 3.80. The van der Waals surface area contributed by atoms with Gasteiger partial charge in [0.05, 0.1) is 18.1 Å². The van der Waals surface area contributed by atoms with E-state index in [9.17, 15) is 9.90 Å². The van der Waals surface area contributed by atoms with E-state index < -0.39 is 11.0 Å². The Balaban J connectivity index is 2.92. The number of piperidine rings is 1. The predicted octanol–water partition coefficient (Wildman–Crippen LogP) is 0.690. The summed E-state index contributed by atoms with van der Waals surface area (Å²) in [5.74, 6) is -0.311. The lowest BCUT2D eigenvalue weighted by Crippen LogP contribution is -2.56. The Hall–Kier alpha value is -0.610. The molecule has 0 aromatic rings. The van der Waals surface area contributed by atoms with Gasteiger partial charge in [0, 0.05) is 0 Å². The fourth-order valence-electron chi connectivity index (χ4n) is 2.28. The van der Waals surface area contributed by atoms with Gasteiger partial charge in [0.2, 0.25) is 0 Å². The molecule has 88 valence electrons. The van der Waals surface area contributed by atoms with Crippen molar-refractivity contribution in [3.63, 3.8) is 0 Å². The second kappa shape index (κ2) is 4.49. The monoisotopic (exact) mass is 215 g/mol. The van der Waals surface area contributed by atoms with Crippen LogP contribution in [-0.2, 0) is 9.53 Å². The third kappa shape index (κ3) is 2.01. The van der Waals surface area contributed by atoms with Crippen LogP contribution in [0.25, 0.3) is 0 Å². The summed E-state index contributed by atoms with van der Waals surface area (Å²) in [6.45, 7) is 5.22. The molecule has 1 unspecified atom stereocenters. The molecule has 0 saturated carbocycles. The van der Waals surface area contributed by atoms with Gasteiger partial charge in [0.25, 0.3) is 0 Å². The number of rotatable bonds is 3. The van der Waals surface area contributed by atoms with E-state index in [1.165, 1.54) is 7.11 Å². The lowest BCUT2D eigenvalue weighted by molar-refractivity contribution is -0.175. The standard InChI is InChI=1S/C11H21NO3/c1-4-10(2,9(13)15-3)11(14)5-7-12-8-6-11/h12,14H,4-8H2,1-3H3. The molecule has 1 fully saturated rings. The molecule has 1 atom stereocenters. The molecule has 0 bridgehead atoms.